The normalized spacial score (nSPS) is 17.6. The lowest BCUT2D eigenvalue weighted by Crippen LogP contribution is -2.31. The fraction of sp³-hybridized carbons (Fsp3) is 0.545. The average Bonchev–Trinajstić information content (AvgIpc) is 2.16. The second-order valence-electron chi connectivity index (χ2n) is 4.02. The Morgan fingerprint density at radius 1 is 1.47 bits per heavy atom. The maximum atomic E-state index is 8.57. The van der Waals surface area contributed by atoms with E-state index in [1.165, 1.54) is 25.5 Å². The van der Waals surface area contributed by atoms with Crippen LogP contribution >= 0.6 is 0 Å². The predicted octanol–water partition coefficient (Wildman–Crippen LogP) is 1.95. The van der Waals surface area contributed by atoms with Gasteiger partial charge in [0.2, 0.25) is 0 Å². The predicted molar refractivity (Wildman–Crippen MR) is 57.2 cm³/mol. The van der Waals surface area contributed by atoms with E-state index in [-0.39, 0.29) is 0 Å². The fourth-order valence-corrected chi connectivity index (χ4v) is 1.75. The maximum absolute atomic E-state index is 8.57. The van der Waals surface area contributed by atoms with Gasteiger partial charge in [-0.25, -0.2) is 9.97 Å². The Morgan fingerprint density at radius 2 is 2.27 bits per heavy atom. The standard InChI is InChI=1S/C11H14N4/c1-8(9-3-2-4-9)15-11-7-13-10(5-12)6-14-11/h6-9H,2-4H2,1H3,(H,14,15). The van der Waals surface area contributed by atoms with E-state index in [4.69, 9.17) is 5.26 Å². The third kappa shape index (κ3) is 2.24. The van der Waals surface area contributed by atoms with Crippen molar-refractivity contribution >= 4 is 5.82 Å². The molecule has 1 heterocycles. The molecule has 0 aromatic carbocycles. The van der Waals surface area contributed by atoms with E-state index >= 15 is 0 Å². The average molecular weight is 202 g/mol. The monoisotopic (exact) mass is 202 g/mol. The highest BCUT2D eigenvalue weighted by Crippen LogP contribution is 2.30. The van der Waals surface area contributed by atoms with Gasteiger partial charge >= 0.3 is 0 Å². The van der Waals surface area contributed by atoms with Gasteiger partial charge in [0.1, 0.15) is 11.9 Å². The number of nitrogens with zero attached hydrogens (tertiary/aromatic N) is 3. The summed E-state index contributed by atoms with van der Waals surface area (Å²) in [5.41, 5.74) is 0.358. The lowest BCUT2D eigenvalue weighted by Gasteiger charge is -2.32. The van der Waals surface area contributed by atoms with Gasteiger partial charge in [-0.2, -0.15) is 5.26 Å². The van der Waals surface area contributed by atoms with Crippen molar-refractivity contribution in [3.05, 3.63) is 18.1 Å². The quantitative estimate of drug-likeness (QED) is 0.813. The molecule has 0 saturated heterocycles. The first-order chi connectivity index (χ1) is 7.29. The topological polar surface area (TPSA) is 61.6 Å². The Hall–Kier alpha value is -1.63. The highest BCUT2D eigenvalue weighted by atomic mass is 15.0. The fourth-order valence-electron chi connectivity index (χ4n) is 1.75. The molecule has 0 aliphatic heterocycles. The van der Waals surface area contributed by atoms with E-state index in [2.05, 4.69) is 22.2 Å². The van der Waals surface area contributed by atoms with Crippen molar-refractivity contribution in [3.63, 3.8) is 0 Å². The molecule has 1 aromatic heterocycles. The summed E-state index contributed by atoms with van der Waals surface area (Å²) in [4.78, 5) is 8.10. The third-order valence-corrected chi connectivity index (χ3v) is 3.00. The molecule has 1 aliphatic carbocycles. The minimum absolute atomic E-state index is 0.358. The summed E-state index contributed by atoms with van der Waals surface area (Å²) >= 11 is 0. The second-order valence-corrected chi connectivity index (χ2v) is 4.02. The summed E-state index contributed by atoms with van der Waals surface area (Å²) in [5, 5.41) is 11.9. The Labute approximate surface area is 89.4 Å². The summed E-state index contributed by atoms with van der Waals surface area (Å²) in [5.74, 6) is 1.52. The van der Waals surface area contributed by atoms with Crippen molar-refractivity contribution in [2.75, 3.05) is 5.32 Å². The summed E-state index contributed by atoms with van der Waals surface area (Å²) in [6.45, 7) is 2.17. The van der Waals surface area contributed by atoms with E-state index in [1.54, 1.807) is 6.20 Å². The molecule has 1 saturated carbocycles. The summed E-state index contributed by atoms with van der Waals surface area (Å²) < 4.78 is 0. The van der Waals surface area contributed by atoms with Gasteiger partial charge < -0.3 is 5.32 Å². The van der Waals surface area contributed by atoms with Crippen molar-refractivity contribution in [3.8, 4) is 6.07 Å². The molecule has 1 unspecified atom stereocenters. The van der Waals surface area contributed by atoms with Gasteiger partial charge in [-0.3, -0.25) is 0 Å². The van der Waals surface area contributed by atoms with E-state index in [1.807, 2.05) is 6.07 Å². The minimum Gasteiger partial charge on any atom is -0.366 e. The van der Waals surface area contributed by atoms with Gasteiger partial charge in [-0.05, 0) is 25.7 Å². The van der Waals surface area contributed by atoms with Gasteiger partial charge in [-0.15, -0.1) is 0 Å². The van der Waals surface area contributed by atoms with E-state index < -0.39 is 0 Å². The smallest absolute Gasteiger partial charge is 0.158 e. The van der Waals surface area contributed by atoms with Crippen molar-refractivity contribution in [2.24, 2.45) is 5.92 Å². The van der Waals surface area contributed by atoms with Gasteiger partial charge in [0.05, 0.1) is 12.4 Å². The molecule has 1 aliphatic rings. The van der Waals surface area contributed by atoms with Crippen LogP contribution in [0, 0.1) is 17.2 Å². The van der Waals surface area contributed by atoms with Crippen LogP contribution in [0.3, 0.4) is 0 Å². The molecule has 4 heteroatoms. The van der Waals surface area contributed by atoms with Gasteiger partial charge in [0.25, 0.3) is 0 Å². The first-order valence-electron chi connectivity index (χ1n) is 5.28. The molecular weight excluding hydrogens is 188 g/mol. The lowest BCUT2D eigenvalue weighted by molar-refractivity contribution is 0.285. The number of anilines is 1. The number of hydrogen-bond donors (Lipinski definition) is 1. The highest BCUT2D eigenvalue weighted by molar-refractivity contribution is 5.34. The molecule has 0 bridgehead atoms. The Kier molecular flexibility index (Phi) is 2.82. The molecule has 1 atom stereocenters. The maximum Gasteiger partial charge on any atom is 0.158 e. The third-order valence-electron chi connectivity index (χ3n) is 3.00. The first kappa shape index (κ1) is 9.91. The van der Waals surface area contributed by atoms with Crippen LogP contribution < -0.4 is 5.32 Å². The molecule has 2 rings (SSSR count). The summed E-state index contributed by atoms with van der Waals surface area (Å²) in [6, 6.07) is 2.40. The number of hydrogen-bond acceptors (Lipinski definition) is 4. The van der Waals surface area contributed by atoms with Crippen LogP contribution in [0.15, 0.2) is 12.4 Å². The van der Waals surface area contributed by atoms with E-state index in [9.17, 15) is 0 Å². The largest absolute Gasteiger partial charge is 0.366 e. The van der Waals surface area contributed by atoms with Crippen molar-refractivity contribution < 1.29 is 0 Å². The molecule has 1 aromatic rings. The molecule has 1 fully saturated rings. The van der Waals surface area contributed by atoms with Crippen LogP contribution in [0.4, 0.5) is 5.82 Å². The Bertz CT molecular complexity index is 361. The molecule has 0 spiro atoms. The number of nitrogens with one attached hydrogen (secondary N) is 1. The zero-order valence-electron chi connectivity index (χ0n) is 8.77. The Balaban J connectivity index is 1.95. The van der Waals surface area contributed by atoms with Crippen molar-refractivity contribution in [2.45, 2.75) is 32.2 Å². The van der Waals surface area contributed by atoms with Crippen LogP contribution in [0.1, 0.15) is 31.9 Å². The molecule has 15 heavy (non-hydrogen) atoms. The van der Waals surface area contributed by atoms with Crippen molar-refractivity contribution in [1.82, 2.24) is 9.97 Å². The highest BCUT2D eigenvalue weighted by Gasteiger charge is 2.23. The van der Waals surface area contributed by atoms with E-state index in [0.29, 0.717) is 11.7 Å². The van der Waals surface area contributed by atoms with Crippen LogP contribution in [0.5, 0.6) is 0 Å². The van der Waals surface area contributed by atoms with Gasteiger partial charge in [0, 0.05) is 6.04 Å². The SMILES string of the molecule is CC(Nc1cnc(C#N)cn1)C1CCC1. The number of rotatable bonds is 3. The number of nitriles is 1. The van der Waals surface area contributed by atoms with Crippen LogP contribution in [0.25, 0.3) is 0 Å². The molecule has 78 valence electrons. The van der Waals surface area contributed by atoms with Gasteiger partial charge in [0.15, 0.2) is 5.69 Å². The molecule has 0 amide bonds. The zero-order valence-corrected chi connectivity index (χ0v) is 8.77. The van der Waals surface area contributed by atoms with Gasteiger partial charge in [-0.1, -0.05) is 6.42 Å². The minimum atomic E-state index is 0.358. The van der Waals surface area contributed by atoms with Crippen molar-refractivity contribution in [1.29, 1.82) is 5.26 Å². The van der Waals surface area contributed by atoms with Crippen LogP contribution in [-0.4, -0.2) is 16.0 Å². The molecular formula is C11H14N4. The van der Waals surface area contributed by atoms with Crippen LogP contribution in [0.2, 0.25) is 0 Å². The Morgan fingerprint density at radius 3 is 2.73 bits per heavy atom. The molecule has 1 N–H and O–H groups in total. The summed E-state index contributed by atoms with van der Waals surface area (Å²) in [6.07, 6.45) is 7.06. The van der Waals surface area contributed by atoms with E-state index in [0.717, 1.165) is 11.7 Å². The first-order valence-corrected chi connectivity index (χ1v) is 5.28. The zero-order chi connectivity index (χ0) is 10.7. The van der Waals surface area contributed by atoms with Crippen LogP contribution in [-0.2, 0) is 0 Å². The lowest BCUT2D eigenvalue weighted by atomic mass is 9.80. The summed E-state index contributed by atoms with van der Waals surface area (Å²) in [7, 11) is 0. The molecule has 4 nitrogen and oxygen atoms in total. The molecule has 0 radical (unpaired) electrons. The second kappa shape index (κ2) is 4.26. The number of aromatic nitrogens is 2.